The maximum Gasteiger partial charge on any atom is 0.251 e. The highest BCUT2D eigenvalue weighted by Crippen LogP contribution is 2.02. The number of amides is 1. The molecule has 1 amide bonds. The molecule has 0 radical (unpaired) electrons. The van der Waals surface area contributed by atoms with Crippen molar-refractivity contribution in [1.82, 2.24) is 15.3 Å². The van der Waals surface area contributed by atoms with Crippen LogP contribution in [0, 0.1) is 11.3 Å². The quantitative estimate of drug-likeness (QED) is 0.873. The molecule has 0 spiro atoms. The van der Waals surface area contributed by atoms with Crippen molar-refractivity contribution in [1.29, 1.82) is 5.26 Å². The molecule has 88 valence electrons. The molecule has 2 rings (SSSR count). The molecule has 2 aromatic heterocycles. The summed E-state index contributed by atoms with van der Waals surface area (Å²) in [5, 5.41) is 11.4. The fourth-order valence-electron chi connectivity index (χ4n) is 1.42. The van der Waals surface area contributed by atoms with Crippen LogP contribution in [0.4, 0.5) is 0 Å². The molecule has 5 nitrogen and oxygen atoms in total. The van der Waals surface area contributed by atoms with Crippen LogP contribution in [0.25, 0.3) is 0 Å². The first-order valence-electron chi connectivity index (χ1n) is 5.33. The van der Waals surface area contributed by atoms with E-state index in [0.29, 0.717) is 12.1 Å². The number of carbonyl (C=O) groups excluding carboxylic acids is 1. The lowest BCUT2D eigenvalue weighted by Gasteiger charge is -2.04. The van der Waals surface area contributed by atoms with E-state index >= 15 is 0 Å². The predicted octanol–water partition coefficient (Wildman–Crippen LogP) is 1.28. The summed E-state index contributed by atoms with van der Waals surface area (Å²) in [7, 11) is 0. The van der Waals surface area contributed by atoms with Gasteiger partial charge in [0.2, 0.25) is 0 Å². The van der Waals surface area contributed by atoms with Gasteiger partial charge >= 0.3 is 0 Å². The maximum absolute atomic E-state index is 11.8. The van der Waals surface area contributed by atoms with Crippen molar-refractivity contribution in [3.05, 3.63) is 59.7 Å². The molecule has 2 aromatic rings. The zero-order valence-electron chi connectivity index (χ0n) is 9.50. The second-order valence-electron chi connectivity index (χ2n) is 3.59. The molecule has 0 saturated heterocycles. The van der Waals surface area contributed by atoms with Crippen molar-refractivity contribution >= 4 is 5.91 Å². The Balaban J connectivity index is 2.02. The number of carbonyl (C=O) groups is 1. The van der Waals surface area contributed by atoms with E-state index in [2.05, 4.69) is 15.3 Å². The SMILES string of the molecule is N#Cc1cc(C(=O)NCc2cccnc2)ccn1. The summed E-state index contributed by atoms with van der Waals surface area (Å²) in [5.41, 5.74) is 1.56. The number of nitrogens with zero attached hydrogens (tertiary/aromatic N) is 3. The fraction of sp³-hybridized carbons (Fsp3) is 0.0769. The highest BCUT2D eigenvalue weighted by atomic mass is 16.1. The van der Waals surface area contributed by atoms with Crippen LogP contribution in [0.3, 0.4) is 0 Å². The van der Waals surface area contributed by atoms with Gasteiger partial charge in [-0.3, -0.25) is 9.78 Å². The highest BCUT2D eigenvalue weighted by molar-refractivity contribution is 5.94. The number of pyridine rings is 2. The molecular formula is C13H10N4O. The molecule has 0 aromatic carbocycles. The average Bonchev–Trinajstić information content (AvgIpc) is 2.46. The topological polar surface area (TPSA) is 78.7 Å². The minimum Gasteiger partial charge on any atom is -0.348 e. The number of nitriles is 1. The van der Waals surface area contributed by atoms with Crippen molar-refractivity contribution in [3.8, 4) is 6.07 Å². The standard InChI is InChI=1S/C13H10N4O/c14-7-12-6-11(3-5-16-12)13(18)17-9-10-2-1-4-15-8-10/h1-6,8H,9H2,(H,17,18). The third-order valence-electron chi connectivity index (χ3n) is 2.31. The van der Waals surface area contributed by atoms with Gasteiger partial charge in [-0.05, 0) is 23.8 Å². The second-order valence-corrected chi connectivity index (χ2v) is 3.59. The van der Waals surface area contributed by atoms with Gasteiger partial charge in [0.15, 0.2) is 0 Å². The zero-order chi connectivity index (χ0) is 12.8. The van der Waals surface area contributed by atoms with Crippen LogP contribution in [0.2, 0.25) is 0 Å². The minimum atomic E-state index is -0.238. The van der Waals surface area contributed by atoms with E-state index in [4.69, 9.17) is 5.26 Å². The molecule has 0 bridgehead atoms. The summed E-state index contributed by atoms with van der Waals surface area (Å²) in [4.78, 5) is 19.6. The summed E-state index contributed by atoms with van der Waals surface area (Å²) in [6, 6.07) is 8.60. The third-order valence-corrected chi connectivity index (χ3v) is 2.31. The van der Waals surface area contributed by atoms with Gasteiger partial charge in [0, 0.05) is 30.7 Å². The summed E-state index contributed by atoms with van der Waals surface area (Å²) in [6.45, 7) is 0.400. The lowest BCUT2D eigenvalue weighted by atomic mass is 10.2. The minimum absolute atomic E-state index is 0.226. The van der Waals surface area contributed by atoms with Crippen LogP contribution >= 0.6 is 0 Å². The molecule has 18 heavy (non-hydrogen) atoms. The van der Waals surface area contributed by atoms with Crippen LogP contribution < -0.4 is 5.32 Å². The Hall–Kier alpha value is -2.74. The van der Waals surface area contributed by atoms with Crippen molar-refractivity contribution in [3.63, 3.8) is 0 Å². The fourth-order valence-corrected chi connectivity index (χ4v) is 1.42. The van der Waals surface area contributed by atoms with Crippen molar-refractivity contribution in [2.45, 2.75) is 6.54 Å². The lowest BCUT2D eigenvalue weighted by molar-refractivity contribution is 0.0950. The van der Waals surface area contributed by atoms with Crippen LogP contribution in [0.15, 0.2) is 42.9 Å². The number of aromatic nitrogens is 2. The number of hydrogen-bond acceptors (Lipinski definition) is 4. The Morgan fingerprint density at radius 3 is 3.00 bits per heavy atom. The Morgan fingerprint density at radius 1 is 1.39 bits per heavy atom. The summed E-state index contributed by atoms with van der Waals surface area (Å²) in [6.07, 6.45) is 4.80. The van der Waals surface area contributed by atoms with Gasteiger partial charge in [-0.25, -0.2) is 4.98 Å². The Labute approximate surface area is 104 Å². The second kappa shape index (κ2) is 5.55. The van der Waals surface area contributed by atoms with Crippen molar-refractivity contribution < 1.29 is 4.79 Å². The Morgan fingerprint density at radius 2 is 2.28 bits per heavy atom. The smallest absolute Gasteiger partial charge is 0.251 e. The van der Waals surface area contributed by atoms with Crippen LogP contribution in [0.1, 0.15) is 21.6 Å². The van der Waals surface area contributed by atoms with Gasteiger partial charge in [0.1, 0.15) is 11.8 Å². The molecule has 0 aliphatic heterocycles. The maximum atomic E-state index is 11.8. The normalized spacial score (nSPS) is 9.50. The van der Waals surface area contributed by atoms with E-state index in [1.807, 2.05) is 18.2 Å². The third kappa shape index (κ3) is 2.89. The molecule has 1 N–H and O–H groups in total. The van der Waals surface area contributed by atoms with Crippen molar-refractivity contribution in [2.75, 3.05) is 0 Å². The Bertz CT molecular complexity index is 589. The Kier molecular flexibility index (Phi) is 3.62. The lowest BCUT2D eigenvalue weighted by Crippen LogP contribution is -2.22. The molecule has 5 heteroatoms. The summed E-state index contributed by atoms with van der Waals surface area (Å²) in [5.74, 6) is -0.238. The van der Waals surface area contributed by atoms with Gasteiger partial charge in [-0.15, -0.1) is 0 Å². The highest BCUT2D eigenvalue weighted by Gasteiger charge is 2.06. The number of nitrogens with one attached hydrogen (secondary N) is 1. The number of hydrogen-bond donors (Lipinski definition) is 1. The van der Waals surface area contributed by atoms with Gasteiger partial charge < -0.3 is 5.32 Å². The van der Waals surface area contributed by atoms with Gasteiger partial charge in [-0.1, -0.05) is 6.07 Å². The first-order valence-corrected chi connectivity index (χ1v) is 5.33. The molecule has 0 saturated carbocycles. The number of rotatable bonds is 3. The van der Waals surface area contributed by atoms with E-state index < -0.39 is 0 Å². The average molecular weight is 238 g/mol. The van der Waals surface area contributed by atoms with E-state index in [1.165, 1.54) is 12.3 Å². The molecule has 0 aliphatic carbocycles. The van der Waals surface area contributed by atoms with Crippen LogP contribution in [-0.4, -0.2) is 15.9 Å². The molecule has 0 atom stereocenters. The van der Waals surface area contributed by atoms with Crippen LogP contribution in [-0.2, 0) is 6.54 Å². The van der Waals surface area contributed by atoms with Gasteiger partial charge in [-0.2, -0.15) is 5.26 Å². The van der Waals surface area contributed by atoms with E-state index in [9.17, 15) is 4.79 Å². The molecule has 0 fully saturated rings. The summed E-state index contributed by atoms with van der Waals surface area (Å²) >= 11 is 0. The largest absolute Gasteiger partial charge is 0.348 e. The molecule has 2 heterocycles. The van der Waals surface area contributed by atoms with Crippen molar-refractivity contribution in [2.24, 2.45) is 0 Å². The van der Waals surface area contributed by atoms with Gasteiger partial charge in [0.05, 0.1) is 0 Å². The summed E-state index contributed by atoms with van der Waals surface area (Å²) < 4.78 is 0. The zero-order valence-corrected chi connectivity index (χ0v) is 9.50. The van der Waals surface area contributed by atoms with E-state index in [1.54, 1.807) is 18.5 Å². The molecule has 0 unspecified atom stereocenters. The van der Waals surface area contributed by atoms with E-state index in [-0.39, 0.29) is 11.6 Å². The first kappa shape index (κ1) is 11.7. The molecule has 0 aliphatic rings. The predicted molar refractivity (Wildman–Crippen MR) is 64.4 cm³/mol. The monoisotopic (exact) mass is 238 g/mol. The molecular weight excluding hydrogens is 228 g/mol. The van der Waals surface area contributed by atoms with Crippen LogP contribution in [0.5, 0.6) is 0 Å². The van der Waals surface area contributed by atoms with E-state index in [0.717, 1.165) is 5.56 Å². The van der Waals surface area contributed by atoms with Gasteiger partial charge in [0.25, 0.3) is 5.91 Å². The first-order chi connectivity index (χ1) is 8.79.